The van der Waals surface area contributed by atoms with Crippen LogP contribution < -0.4 is 15.5 Å². The van der Waals surface area contributed by atoms with Gasteiger partial charge in [-0.15, -0.1) is 0 Å². The maximum Gasteiger partial charge on any atom is 0.320 e. The van der Waals surface area contributed by atoms with Crippen LogP contribution in [0.15, 0.2) is 42.9 Å². The van der Waals surface area contributed by atoms with Crippen LogP contribution in [0.4, 0.5) is 16.4 Å². The highest BCUT2D eigenvalue weighted by Crippen LogP contribution is 2.23. The molecule has 0 unspecified atom stereocenters. The molecule has 1 saturated heterocycles. The molecule has 0 saturated carbocycles. The van der Waals surface area contributed by atoms with E-state index in [9.17, 15) is 4.79 Å². The largest absolute Gasteiger partial charge is 0.354 e. The Morgan fingerprint density at radius 2 is 1.96 bits per heavy atom. The number of hydrogen-bond acceptors (Lipinski definition) is 5. The number of amides is 2. The summed E-state index contributed by atoms with van der Waals surface area (Å²) < 4.78 is 1.89. The van der Waals surface area contributed by atoms with Crippen LogP contribution in [-0.4, -0.2) is 65.1 Å². The van der Waals surface area contributed by atoms with Gasteiger partial charge in [-0.2, -0.15) is 0 Å². The van der Waals surface area contributed by atoms with Gasteiger partial charge in [0.25, 0.3) is 0 Å². The second-order valence-electron chi connectivity index (χ2n) is 6.99. The summed E-state index contributed by atoms with van der Waals surface area (Å²) in [5, 5.41) is 5.43. The highest BCUT2D eigenvalue weighted by molar-refractivity contribution is 5.88. The van der Waals surface area contributed by atoms with Crippen LogP contribution in [0.3, 0.4) is 0 Å². The van der Waals surface area contributed by atoms with Crippen molar-refractivity contribution < 1.29 is 4.79 Å². The van der Waals surface area contributed by atoms with Crippen molar-refractivity contribution in [2.24, 2.45) is 0 Å². The maximum absolute atomic E-state index is 11.7. The molecule has 1 aliphatic rings. The highest BCUT2D eigenvalue weighted by atomic mass is 16.2. The van der Waals surface area contributed by atoms with Crippen LogP contribution in [0, 0.1) is 0 Å². The molecule has 2 amide bonds. The lowest BCUT2D eigenvalue weighted by Crippen LogP contribution is -2.44. The van der Waals surface area contributed by atoms with Crippen molar-refractivity contribution in [1.82, 2.24) is 24.6 Å². The predicted octanol–water partition coefficient (Wildman–Crippen LogP) is 2.29. The zero-order valence-corrected chi connectivity index (χ0v) is 16.2. The fourth-order valence-electron chi connectivity index (χ4n) is 3.32. The Labute approximate surface area is 164 Å². The Hall–Kier alpha value is -3.13. The summed E-state index contributed by atoms with van der Waals surface area (Å²) in [7, 11) is 2.15. The summed E-state index contributed by atoms with van der Waals surface area (Å²) in [6, 6.07) is 7.95. The Kier molecular flexibility index (Phi) is 5.12. The van der Waals surface area contributed by atoms with Gasteiger partial charge in [0.15, 0.2) is 5.82 Å². The molecule has 0 aliphatic carbocycles. The van der Waals surface area contributed by atoms with Crippen LogP contribution in [0.5, 0.6) is 0 Å². The van der Waals surface area contributed by atoms with Gasteiger partial charge >= 0.3 is 6.03 Å². The van der Waals surface area contributed by atoms with Gasteiger partial charge in [0.05, 0.1) is 6.20 Å². The first-order valence-electron chi connectivity index (χ1n) is 9.56. The minimum absolute atomic E-state index is 0.255. The molecule has 1 fully saturated rings. The average Bonchev–Trinajstić information content (AvgIpc) is 3.10. The Balaban J connectivity index is 1.51. The van der Waals surface area contributed by atoms with Crippen molar-refractivity contribution >= 4 is 23.3 Å². The normalized spacial score (nSPS) is 15.0. The van der Waals surface area contributed by atoms with Gasteiger partial charge in [-0.3, -0.25) is 5.32 Å². The van der Waals surface area contributed by atoms with E-state index in [-0.39, 0.29) is 6.03 Å². The van der Waals surface area contributed by atoms with Crippen LogP contribution in [0.2, 0.25) is 0 Å². The first kappa shape index (κ1) is 18.2. The van der Waals surface area contributed by atoms with Crippen molar-refractivity contribution in [3.8, 4) is 11.1 Å². The lowest BCUT2D eigenvalue weighted by molar-refractivity contribution is 0.252. The second-order valence-corrected chi connectivity index (χ2v) is 6.99. The van der Waals surface area contributed by atoms with E-state index in [2.05, 4.69) is 49.6 Å². The van der Waals surface area contributed by atoms with Gasteiger partial charge in [0, 0.05) is 50.7 Å². The number of fused-ring (bicyclic) bond motifs is 1. The van der Waals surface area contributed by atoms with Gasteiger partial charge in [-0.1, -0.05) is 0 Å². The highest BCUT2D eigenvalue weighted by Gasteiger charge is 2.15. The zero-order valence-electron chi connectivity index (χ0n) is 16.2. The summed E-state index contributed by atoms with van der Waals surface area (Å²) in [5.74, 6) is 1.54. The van der Waals surface area contributed by atoms with Gasteiger partial charge in [0.1, 0.15) is 11.5 Å². The molecule has 0 radical (unpaired) electrons. The number of anilines is 2. The van der Waals surface area contributed by atoms with Gasteiger partial charge in [0.2, 0.25) is 0 Å². The molecule has 0 spiro atoms. The van der Waals surface area contributed by atoms with E-state index < -0.39 is 0 Å². The molecule has 2 N–H and O–H groups in total. The smallest absolute Gasteiger partial charge is 0.320 e. The fourth-order valence-corrected chi connectivity index (χ4v) is 3.32. The predicted molar refractivity (Wildman–Crippen MR) is 111 cm³/mol. The number of nitrogens with one attached hydrogen (secondary N) is 2. The minimum atomic E-state index is -0.255. The topological polar surface area (TPSA) is 77.8 Å². The number of carbonyl (C=O) groups is 1. The van der Waals surface area contributed by atoms with Crippen molar-refractivity contribution in [2.75, 3.05) is 50.0 Å². The SMILES string of the molecule is CCNC(=O)Nc1cn2ccc(-c3ccc(N4CCN(C)CC4)nc3)cc2n1. The molecule has 3 aromatic heterocycles. The second kappa shape index (κ2) is 7.85. The van der Waals surface area contributed by atoms with Crippen molar-refractivity contribution in [2.45, 2.75) is 6.92 Å². The molecule has 28 heavy (non-hydrogen) atoms. The zero-order chi connectivity index (χ0) is 19.5. The fraction of sp³-hybridized carbons (Fsp3) is 0.350. The molecule has 0 aromatic carbocycles. The van der Waals surface area contributed by atoms with Gasteiger partial charge in [-0.05, 0) is 43.8 Å². The van der Waals surface area contributed by atoms with Crippen molar-refractivity contribution in [1.29, 1.82) is 0 Å². The molecule has 4 rings (SSSR count). The number of rotatable bonds is 4. The average molecular weight is 379 g/mol. The standard InChI is InChI=1S/C20H25N7O/c1-3-21-20(28)24-17-14-27-7-6-15(12-19(27)23-17)16-4-5-18(22-13-16)26-10-8-25(2)9-11-26/h4-7,12-14H,3,8-11H2,1-2H3,(H2,21,24,28). The third-order valence-corrected chi connectivity index (χ3v) is 4.95. The number of aromatic nitrogens is 3. The van der Waals surface area contributed by atoms with Crippen molar-refractivity contribution in [3.05, 3.63) is 42.9 Å². The summed E-state index contributed by atoms with van der Waals surface area (Å²) in [4.78, 5) is 25.5. The Morgan fingerprint density at radius 1 is 1.14 bits per heavy atom. The molecular formula is C20H25N7O. The number of nitrogens with zero attached hydrogens (tertiary/aromatic N) is 5. The molecule has 1 aliphatic heterocycles. The van der Waals surface area contributed by atoms with E-state index in [1.165, 1.54) is 0 Å². The van der Waals surface area contributed by atoms with Crippen LogP contribution in [-0.2, 0) is 0 Å². The quantitative estimate of drug-likeness (QED) is 0.727. The number of hydrogen-bond donors (Lipinski definition) is 2. The molecule has 8 heteroatoms. The minimum Gasteiger partial charge on any atom is -0.354 e. The first-order chi connectivity index (χ1) is 13.6. The molecule has 4 heterocycles. The van der Waals surface area contributed by atoms with E-state index in [0.29, 0.717) is 12.4 Å². The lowest BCUT2D eigenvalue weighted by Gasteiger charge is -2.33. The number of pyridine rings is 2. The van der Waals surface area contributed by atoms with E-state index in [1.807, 2.05) is 35.9 Å². The van der Waals surface area contributed by atoms with Crippen LogP contribution in [0.25, 0.3) is 16.8 Å². The van der Waals surface area contributed by atoms with Gasteiger partial charge in [-0.25, -0.2) is 14.8 Å². The van der Waals surface area contributed by atoms with Crippen LogP contribution >= 0.6 is 0 Å². The van der Waals surface area contributed by atoms with E-state index in [1.54, 1.807) is 6.20 Å². The van der Waals surface area contributed by atoms with E-state index in [0.717, 1.165) is 48.8 Å². The third-order valence-electron chi connectivity index (χ3n) is 4.95. The number of imidazole rings is 1. The Bertz CT molecular complexity index is 958. The number of carbonyl (C=O) groups excluding carboxylic acids is 1. The van der Waals surface area contributed by atoms with E-state index in [4.69, 9.17) is 0 Å². The third kappa shape index (κ3) is 3.91. The van der Waals surface area contributed by atoms with Gasteiger partial charge < -0.3 is 19.5 Å². The van der Waals surface area contributed by atoms with Crippen molar-refractivity contribution in [3.63, 3.8) is 0 Å². The summed E-state index contributed by atoms with van der Waals surface area (Å²) >= 11 is 0. The number of piperazine rings is 1. The monoisotopic (exact) mass is 379 g/mol. The number of likely N-dealkylation sites (N-methyl/N-ethyl adjacent to an activating group) is 1. The number of urea groups is 1. The molecule has 8 nitrogen and oxygen atoms in total. The summed E-state index contributed by atoms with van der Waals surface area (Å²) in [6.45, 7) is 6.58. The summed E-state index contributed by atoms with van der Waals surface area (Å²) in [5.41, 5.74) is 2.86. The van der Waals surface area contributed by atoms with E-state index >= 15 is 0 Å². The summed E-state index contributed by atoms with van der Waals surface area (Å²) in [6.07, 6.45) is 5.65. The molecule has 0 atom stereocenters. The molecule has 3 aromatic rings. The Morgan fingerprint density at radius 3 is 2.68 bits per heavy atom. The molecule has 146 valence electrons. The first-order valence-corrected chi connectivity index (χ1v) is 9.56. The maximum atomic E-state index is 11.7. The molecule has 0 bridgehead atoms. The van der Waals surface area contributed by atoms with Crippen LogP contribution in [0.1, 0.15) is 6.92 Å². The lowest BCUT2D eigenvalue weighted by atomic mass is 10.1. The molecular weight excluding hydrogens is 354 g/mol.